The standard InChI is InChI=1S/C21H30N4O2/c1-16(2)20-11-19(27-24-20)12-23-21(22-3)25-10-9-18(13-25)15-26-14-17-7-5-4-6-8-17/h4-8,11,16,18H,9-10,12-15H2,1-3H3,(H,22,23). The van der Waals surface area contributed by atoms with Crippen LogP contribution < -0.4 is 5.32 Å². The second-order valence-corrected chi connectivity index (χ2v) is 7.38. The molecule has 27 heavy (non-hydrogen) atoms. The van der Waals surface area contributed by atoms with Crippen molar-refractivity contribution in [2.24, 2.45) is 10.9 Å². The first-order valence-corrected chi connectivity index (χ1v) is 9.68. The molecular weight excluding hydrogens is 340 g/mol. The maximum absolute atomic E-state index is 5.91. The van der Waals surface area contributed by atoms with Gasteiger partial charge in [-0.1, -0.05) is 49.3 Å². The molecule has 1 aromatic carbocycles. The van der Waals surface area contributed by atoms with Crippen molar-refractivity contribution in [3.63, 3.8) is 0 Å². The first-order valence-electron chi connectivity index (χ1n) is 9.68. The molecule has 0 aliphatic carbocycles. The smallest absolute Gasteiger partial charge is 0.194 e. The Morgan fingerprint density at radius 1 is 1.37 bits per heavy atom. The molecule has 146 valence electrons. The highest BCUT2D eigenvalue weighted by molar-refractivity contribution is 5.80. The zero-order valence-electron chi connectivity index (χ0n) is 16.5. The van der Waals surface area contributed by atoms with E-state index in [-0.39, 0.29) is 0 Å². The topological polar surface area (TPSA) is 62.9 Å². The lowest BCUT2D eigenvalue weighted by Gasteiger charge is -2.21. The Morgan fingerprint density at radius 3 is 2.89 bits per heavy atom. The molecule has 0 amide bonds. The van der Waals surface area contributed by atoms with Crippen LogP contribution in [-0.2, 0) is 17.9 Å². The molecule has 0 bridgehead atoms. The van der Waals surface area contributed by atoms with E-state index in [1.807, 2.05) is 31.3 Å². The number of aromatic nitrogens is 1. The van der Waals surface area contributed by atoms with E-state index < -0.39 is 0 Å². The van der Waals surface area contributed by atoms with Crippen LogP contribution in [0.25, 0.3) is 0 Å². The van der Waals surface area contributed by atoms with Gasteiger partial charge in [-0.05, 0) is 17.9 Å². The molecule has 6 nitrogen and oxygen atoms in total. The van der Waals surface area contributed by atoms with Gasteiger partial charge in [-0.25, -0.2) is 0 Å². The van der Waals surface area contributed by atoms with Crippen molar-refractivity contribution in [2.45, 2.75) is 39.3 Å². The van der Waals surface area contributed by atoms with E-state index in [1.54, 1.807) is 0 Å². The fraction of sp³-hybridized carbons (Fsp3) is 0.524. The van der Waals surface area contributed by atoms with Gasteiger partial charge in [0.1, 0.15) is 0 Å². The van der Waals surface area contributed by atoms with Gasteiger partial charge in [0.2, 0.25) is 0 Å². The Morgan fingerprint density at radius 2 is 2.19 bits per heavy atom. The van der Waals surface area contributed by atoms with Crippen LogP contribution in [0.5, 0.6) is 0 Å². The van der Waals surface area contributed by atoms with Gasteiger partial charge in [0, 0.05) is 32.1 Å². The maximum atomic E-state index is 5.91. The van der Waals surface area contributed by atoms with Crippen molar-refractivity contribution in [3.05, 3.63) is 53.4 Å². The monoisotopic (exact) mass is 370 g/mol. The van der Waals surface area contributed by atoms with Gasteiger partial charge in [-0.3, -0.25) is 4.99 Å². The average Bonchev–Trinajstić information content (AvgIpc) is 3.33. The summed E-state index contributed by atoms with van der Waals surface area (Å²) < 4.78 is 11.3. The van der Waals surface area contributed by atoms with Crippen molar-refractivity contribution in [1.29, 1.82) is 0 Å². The molecule has 1 aliphatic rings. The lowest BCUT2D eigenvalue weighted by Crippen LogP contribution is -2.39. The average molecular weight is 370 g/mol. The molecule has 0 saturated carbocycles. The molecule has 1 fully saturated rings. The van der Waals surface area contributed by atoms with E-state index in [4.69, 9.17) is 9.26 Å². The summed E-state index contributed by atoms with van der Waals surface area (Å²) in [5, 5.41) is 7.49. The normalized spacial score (nSPS) is 17.7. The Bertz CT molecular complexity index is 727. The third kappa shape index (κ3) is 5.57. The maximum Gasteiger partial charge on any atom is 0.194 e. The molecule has 0 radical (unpaired) electrons. The van der Waals surface area contributed by atoms with Crippen LogP contribution in [-0.4, -0.2) is 42.8 Å². The molecule has 1 aliphatic heterocycles. The van der Waals surface area contributed by atoms with Gasteiger partial charge in [-0.15, -0.1) is 0 Å². The van der Waals surface area contributed by atoms with Gasteiger partial charge in [0.25, 0.3) is 0 Å². The summed E-state index contributed by atoms with van der Waals surface area (Å²) in [5.74, 6) is 2.65. The molecule has 3 rings (SSSR count). The molecule has 1 N–H and O–H groups in total. The van der Waals surface area contributed by atoms with E-state index in [0.717, 1.165) is 43.5 Å². The van der Waals surface area contributed by atoms with Crippen LogP contribution in [0.15, 0.2) is 45.9 Å². The second-order valence-electron chi connectivity index (χ2n) is 7.38. The van der Waals surface area contributed by atoms with Crippen LogP contribution in [0.3, 0.4) is 0 Å². The highest BCUT2D eigenvalue weighted by atomic mass is 16.5. The molecule has 1 atom stereocenters. The Kier molecular flexibility index (Phi) is 6.87. The zero-order chi connectivity index (χ0) is 19.1. The summed E-state index contributed by atoms with van der Waals surface area (Å²) in [4.78, 5) is 6.71. The van der Waals surface area contributed by atoms with Crippen LogP contribution in [0.2, 0.25) is 0 Å². The van der Waals surface area contributed by atoms with E-state index in [1.165, 1.54) is 5.56 Å². The number of nitrogens with zero attached hydrogens (tertiary/aromatic N) is 3. The summed E-state index contributed by atoms with van der Waals surface area (Å²) in [6.07, 6.45) is 1.12. The largest absolute Gasteiger partial charge is 0.376 e. The van der Waals surface area contributed by atoms with E-state index in [0.29, 0.717) is 25.0 Å². The highest BCUT2D eigenvalue weighted by Gasteiger charge is 2.25. The number of nitrogens with one attached hydrogen (secondary N) is 1. The number of likely N-dealkylation sites (tertiary alicyclic amines) is 1. The minimum Gasteiger partial charge on any atom is -0.376 e. The van der Waals surface area contributed by atoms with Gasteiger partial charge in [0.05, 0.1) is 25.5 Å². The quantitative estimate of drug-likeness (QED) is 0.598. The van der Waals surface area contributed by atoms with Crippen molar-refractivity contribution in [1.82, 2.24) is 15.4 Å². The van der Waals surface area contributed by atoms with Crippen molar-refractivity contribution >= 4 is 5.96 Å². The van der Waals surface area contributed by atoms with E-state index >= 15 is 0 Å². The Balaban J connectivity index is 1.42. The molecule has 6 heteroatoms. The van der Waals surface area contributed by atoms with Gasteiger partial charge in [0.15, 0.2) is 11.7 Å². The predicted molar refractivity (Wildman–Crippen MR) is 107 cm³/mol. The molecular formula is C21H30N4O2. The number of benzene rings is 1. The van der Waals surface area contributed by atoms with Crippen molar-refractivity contribution < 1.29 is 9.26 Å². The lowest BCUT2D eigenvalue weighted by atomic mass is 10.1. The highest BCUT2D eigenvalue weighted by Crippen LogP contribution is 2.18. The summed E-state index contributed by atoms with van der Waals surface area (Å²) in [6, 6.07) is 12.3. The molecule has 0 spiro atoms. The van der Waals surface area contributed by atoms with Gasteiger partial charge < -0.3 is 19.5 Å². The second kappa shape index (κ2) is 9.55. The predicted octanol–water partition coefficient (Wildman–Crippen LogP) is 3.41. The Labute approximate surface area is 161 Å². The lowest BCUT2D eigenvalue weighted by molar-refractivity contribution is 0.0906. The first kappa shape index (κ1) is 19.4. The molecule has 1 aromatic heterocycles. The molecule has 1 saturated heterocycles. The third-order valence-electron chi connectivity index (χ3n) is 4.85. The number of ether oxygens (including phenoxy) is 1. The van der Waals surface area contributed by atoms with Crippen LogP contribution >= 0.6 is 0 Å². The summed E-state index contributed by atoms with van der Waals surface area (Å²) >= 11 is 0. The van der Waals surface area contributed by atoms with Gasteiger partial charge >= 0.3 is 0 Å². The SMILES string of the molecule is CN=C(NCc1cc(C(C)C)no1)N1CCC(COCc2ccccc2)C1. The number of guanidine groups is 1. The first-order chi connectivity index (χ1) is 13.2. The summed E-state index contributed by atoms with van der Waals surface area (Å²) in [7, 11) is 1.82. The van der Waals surface area contributed by atoms with Crippen LogP contribution in [0, 0.1) is 5.92 Å². The number of aliphatic imine (C=N–C) groups is 1. The van der Waals surface area contributed by atoms with Crippen molar-refractivity contribution in [3.8, 4) is 0 Å². The summed E-state index contributed by atoms with van der Waals surface area (Å²) in [5.41, 5.74) is 2.20. The van der Waals surface area contributed by atoms with Crippen LogP contribution in [0.4, 0.5) is 0 Å². The number of hydrogen-bond acceptors (Lipinski definition) is 4. The molecule has 2 aromatic rings. The zero-order valence-corrected chi connectivity index (χ0v) is 16.5. The third-order valence-corrected chi connectivity index (χ3v) is 4.85. The number of hydrogen-bond donors (Lipinski definition) is 1. The van der Waals surface area contributed by atoms with Gasteiger partial charge in [-0.2, -0.15) is 0 Å². The number of rotatable bonds is 7. The fourth-order valence-electron chi connectivity index (χ4n) is 3.26. The molecule has 2 heterocycles. The minimum atomic E-state index is 0.372. The van der Waals surface area contributed by atoms with Crippen molar-refractivity contribution in [2.75, 3.05) is 26.7 Å². The van der Waals surface area contributed by atoms with E-state index in [9.17, 15) is 0 Å². The summed E-state index contributed by atoms with van der Waals surface area (Å²) in [6.45, 7) is 8.22. The fourth-order valence-corrected chi connectivity index (χ4v) is 3.26. The molecule has 1 unspecified atom stereocenters. The minimum absolute atomic E-state index is 0.372. The van der Waals surface area contributed by atoms with E-state index in [2.05, 4.69) is 46.3 Å². The van der Waals surface area contributed by atoms with Crippen LogP contribution in [0.1, 0.15) is 43.2 Å². The Hall–Kier alpha value is -2.34.